The number of anilines is 2. The predicted octanol–water partition coefficient (Wildman–Crippen LogP) is 5.10. The lowest BCUT2D eigenvalue weighted by Crippen LogP contribution is -2.38. The van der Waals surface area contributed by atoms with Crippen molar-refractivity contribution in [2.75, 3.05) is 43.2 Å². The van der Waals surface area contributed by atoms with Crippen LogP contribution in [0.1, 0.15) is 48.7 Å². The van der Waals surface area contributed by atoms with Crippen LogP contribution in [0.25, 0.3) is 0 Å². The zero-order valence-electron chi connectivity index (χ0n) is 21.2. The molecule has 1 fully saturated rings. The second-order valence-electron chi connectivity index (χ2n) is 9.62. The zero-order valence-corrected chi connectivity index (χ0v) is 21.2. The fraction of sp³-hybridized carbons (Fsp3) is 0.538. The fourth-order valence-corrected chi connectivity index (χ4v) is 4.07. The average molecular weight is 456 g/mol. The maximum absolute atomic E-state index is 13.4. The van der Waals surface area contributed by atoms with E-state index in [0.717, 1.165) is 52.6 Å². The minimum atomic E-state index is -0.616. The Balaban J connectivity index is 2.07. The number of pyridine rings is 1. The van der Waals surface area contributed by atoms with Gasteiger partial charge in [-0.25, -0.2) is 4.79 Å². The Kier molecular flexibility index (Phi) is 7.52. The molecule has 33 heavy (non-hydrogen) atoms. The van der Waals surface area contributed by atoms with Crippen molar-refractivity contribution < 1.29 is 19.0 Å². The summed E-state index contributed by atoms with van der Waals surface area (Å²) in [6.07, 6.45) is 1.38. The molecule has 1 aliphatic rings. The highest BCUT2D eigenvalue weighted by molar-refractivity contribution is 5.89. The quantitative estimate of drug-likeness (QED) is 0.625. The van der Waals surface area contributed by atoms with Crippen molar-refractivity contribution in [2.24, 2.45) is 0 Å². The number of aromatic nitrogens is 1. The lowest BCUT2D eigenvalue weighted by atomic mass is 10.0. The standard InChI is InChI=1S/C26H37N3O4/c1-17-13-21(14-23(19(17)3)28-9-11-32-12-10-28)29(25(30)33-26(5,6)7)16-22-20(4)24(31-8)18(2)15-27-22/h13-15H,9-12,16H2,1-8H3. The molecule has 180 valence electrons. The molecule has 0 unspecified atom stereocenters. The van der Waals surface area contributed by atoms with Gasteiger partial charge in [-0.15, -0.1) is 0 Å². The summed E-state index contributed by atoms with van der Waals surface area (Å²) in [5.41, 5.74) is 6.27. The van der Waals surface area contributed by atoms with E-state index in [1.54, 1.807) is 18.2 Å². The number of morpholine rings is 1. The molecule has 1 amide bonds. The van der Waals surface area contributed by atoms with Crippen molar-refractivity contribution in [2.45, 2.75) is 60.6 Å². The number of carbonyl (C=O) groups is 1. The summed E-state index contributed by atoms with van der Waals surface area (Å²) in [6, 6.07) is 4.13. The maximum Gasteiger partial charge on any atom is 0.415 e. The normalized spacial score (nSPS) is 14.2. The molecule has 1 aromatic heterocycles. The summed E-state index contributed by atoms with van der Waals surface area (Å²) in [7, 11) is 1.66. The van der Waals surface area contributed by atoms with E-state index in [2.05, 4.69) is 29.8 Å². The molecule has 1 aromatic carbocycles. The molecule has 2 heterocycles. The molecule has 1 saturated heterocycles. The van der Waals surface area contributed by atoms with Gasteiger partial charge >= 0.3 is 6.09 Å². The van der Waals surface area contributed by atoms with Crippen LogP contribution in [-0.4, -0.2) is 50.1 Å². The Bertz CT molecular complexity index is 1010. The lowest BCUT2D eigenvalue weighted by molar-refractivity contribution is 0.0577. The number of rotatable bonds is 5. The molecular formula is C26H37N3O4. The minimum Gasteiger partial charge on any atom is -0.496 e. The largest absolute Gasteiger partial charge is 0.496 e. The summed E-state index contributed by atoms with van der Waals surface area (Å²) in [5, 5.41) is 0. The zero-order chi connectivity index (χ0) is 24.3. The first kappa shape index (κ1) is 24.8. The van der Waals surface area contributed by atoms with Gasteiger partial charge < -0.3 is 19.1 Å². The van der Waals surface area contributed by atoms with Crippen LogP contribution in [0.15, 0.2) is 18.3 Å². The van der Waals surface area contributed by atoms with E-state index in [4.69, 9.17) is 14.2 Å². The first-order valence-corrected chi connectivity index (χ1v) is 11.5. The van der Waals surface area contributed by atoms with E-state index in [0.29, 0.717) is 13.2 Å². The van der Waals surface area contributed by atoms with Gasteiger partial charge in [0.05, 0.1) is 32.6 Å². The van der Waals surface area contributed by atoms with Crippen LogP contribution in [0.4, 0.5) is 16.2 Å². The van der Waals surface area contributed by atoms with Gasteiger partial charge in [-0.2, -0.15) is 0 Å². The number of aryl methyl sites for hydroxylation is 2. The van der Waals surface area contributed by atoms with Gasteiger partial charge in [-0.05, 0) is 71.7 Å². The number of benzene rings is 1. The van der Waals surface area contributed by atoms with Gasteiger partial charge in [0, 0.05) is 41.8 Å². The second-order valence-corrected chi connectivity index (χ2v) is 9.62. The van der Waals surface area contributed by atoms with E-state index in [9.17, 15) is 4.79 Å². The van der Waals surface area contributed by atoms with E-state index in [1.807, 2.05) is 40.7 Å². The Morgan fingerprint density at radius 2 is 1.76 bits per heavy atom. The third-order valence-corrected chi connectivity index (χ3v) is 5.96. The third-order valence-electron chi connectivity index (χ3n) is 5.96. The van der Waals surface area contributed by atoms with Gasteiger partial charge in [-0.1, -0.05) is 0 Å². The van der Waals surface area contributed by atoms with Crippen molar-refractivity contribution in [3.63, 3.8) is 0 Å². The molecule has 0 N–H and O–H groups in total. The molecule has 7 nitrogen and oxygen atoms in total. The van der Waals surface area contributed by atoms with Crippen molar-refractivity contribution in [1.29, 1.82) is 0 Å². The summed E-state index contributed by atoms with van der Waals surface area (Å²) >= 11 is 0. The number of ether oxygens (including phenoxy) is 3. The number of methoxy groups -OCH3 is 1. The summed E-state index contributed by atoms with van der Waals surface area (Å²) in [4.78, 5) is 22.0. The number of amides is 1. The molecule has 0 aliphatic carbocycles. The highest BCUT2D eigenvalue weighted by atomic mass is 16.6. The SMILES string of the molecule is COc1c(C)cnc(CN(C(=O)OC(C)(C)C)c2cc(C)c(C)c(N3CCOCC3)c2)c1C. The third kappa shape index (κ3) is 5.77. The first-order chi connectivity index (χ1) is 15.5. The molecule has 0 bridgehead atoms. The average Bonchev–Trinajstić information content (AvgIpc) is 2.75. The smallest absolute Gasteiger partial charge is 0.415 e. The maximum atomic E-state index is 13.4. The summed E-state index contributed by atoms with van der Waals surface area (Å²) < 4.78 is 16.9. The fourth-order valence-electron chi connectivity index (χ4n) is 4.07. The molecule has 1 aliphatic heterocycles. The molecule has 2 aromatic rings. The second kappa shape index (κ2) is 10.00. The van der Waals surface area contributed by atoms with Crippen LogP contribution < -0.4 is 14.5 Å². The van der Waals surface area contributed by atoms with Crippen molar-refractivity contribution >= 4 is 17.5 Å². The Labute approximate surface area is 197 Å². The summed E-state index contributed by atoms with van der Waals surface area (Å²) in [6.45, 7) is 17.1. The van der Waals surface area contributed by atoms with Crippen LogP contribution >= 0.6 is 0 Å². The van der Waals surface area contributed by atoms with Gasteiger partial charge in [0.15, 0.2) is 0 Å². The Morgan fingerprint density at radius 3 is 2.36 bits per heavy atom. The molecule has 0 radical (unpaired) electrons. The van der Waals surface area contributed by atoms with Crippen LogP contribution in [0.5, 0.6) is 5.75 Å². The van der Waals surface area contributed by atoms with Gasteiger partial charge in [0.25, 0.3) is 0 Å². The van der Waals surface area contributed by atoms with E-state index in [1.165, 1.54) is 5.56 Å². The van der Waals surface area contributed by atoms with Gasteiger partial charge in [0.1, 0.15) is 11.4 Å². The molecular weight excluding hydrogens is 418 g/mol. The van der Waals surface area contributed by atoms with Crippen LogP contribution in [-0.2, 0) is 16.0 Å². The monoisotopic (exact) mass is 455 g/mol. The van der Waals surface area contributed by atoms with Gasteiger partial charge in [0.2, 0.25) is 0 Å². The molecule has 0 spiro atoms. The van der Waals surface area contributed by atoms with Crippen LogP contribution in [0, 0.1) is 27.7 Å². The van der Waals surface area contributed by atoms with Gasteiger partial charge in [-0.3, -0.25) is 9.88 Å². The van der Waals surface area contributed by atoms with Crippen molar-refractivity contribution in [3.8, 4) is 5.75 Å². The number of hydrogen-bond acceptors (Lipinski definition) is 6. The number of carbonyl (C=O) groups excluding carboxylic acids is 1. The van der Waals surface area contributed by atoms with Crippen LogP contribution in [0.3, 0.4) is 0 Å². The molecule has 0 atom stereocenters. The number of nitrogens with zero attached hydrogens (tertiary/aromatic N) is 3. The Morgan fingerprint density at radius 1 is 1.09 bits per heavy atom. The lowest BCUT2D eigenvalue weighted by Gasteiger charge is -2.33. The van der Waals surface area contributed by atoms with E-state index in [-0.39, 0.29) is 6.54 Å². The Hall–Kier alpha value is -2.80. The molecule has 3 rings (SSSR count). The minimum absolute atomic E-state index is 0.280. The topological polar surface area (TPSA) is 64.1 Å². The number of hydrogen-bond donors (Lipinski definition) is 0. The highest BCUT2D eigenvalue weighted by Crippen LogP contribution is 2.33. The molecule has 7 heteroatoms. The summed E-state index contributed by atoms with van der Waals surface area (Å²) in [5.74, 6) is 0.790. The van der Waals surface area contributed by atoms with E-state index >= 15 is 0 Å². The van der Waals surface area contributed by atoms with Crippen molar-refractivity contribution in [1.82, 2.24) is 4.98 Å². The van der Waals surface area contributed by atoms with E-state index < -0.39 is 11.7 Å². The van der Waals surface area contributed by atoms with Crippen LogP contribution in [0.2, 0.25) is 0 Å². The van der Waals surface area contributed by atoms with Crippen molar-refractivity contribution in [3.05, 3.63) is 46.3 Å². The molecule has 0 saturated carbocycles. The predicted molar refractivity (Wildman–Crippen MR) is 132 cm³/mol. The first-order valence-electron chi connectivity index (χ1n) is 11.5. The highest BCUT2D eigenvalue weighted by Gasteiger charge is 2.27.